The van der Waals surface area contributed by atoms with Crippen molar-refractivity contribution in [3.63, 3.8) is 0 Å². The van der Waals surface area contributed by atoms with Crippen LogP contribution >= 0.6 is 0 Å². The van der Waals surface area contributed by atoms with Gasteiger partial charge in [0.05, 0.1) is 18.4 Å². The van der Waals surface area contributed by atoms with Gasteiger partial charge in [0, 0.05) is 62.5 Å². The zero-order chi connectivity index (χ0) is 27.9. The molecule has 3 fully saturated rings. The highest BCUT2D eigenvalue weighted by atomic mass is 19.4. The predicted octanol–water partition coefficient (Wildman–Crippen LogP) is 4.34. The van der Waals surface area contributed by atoms with Crippen LogP contribution in [0.15, 0.2) is 36.4 Å². The molecule has 210 valence electrons. The molecule has 2 bridgehead atoms. The molecule has 5 rings (SSSR count). The van der Waals surface area contributed by atoms with Crippen molar-refractivity contribution in [3.05, 3.63) is 53.3 Å². The monoisotopic (exact) mass is 548 g/mol. The summed E-state index contributed by atoms with van der Waals surface area (Å²) >= 11 is 0. The molecule has 2 heterocycles. The van der Waals surface area contributed by atoms with Crippen molar-refractivity contribution in [1.82, 2.24) is 9.80 Å². The molecule has 2 aliphatic heterocycles. The maximum Gasteiger partial charge on any atom is 0.419 e. The fourth-order valence-electron chi connectivity index (χ4n) is 6.14. The molecule has 2 aromatic carbocycles. The van der Waals surface area contributed by atoms with E-state index in [0.717, 1.165) is 50.8 Å². The number of hydrogen-bond donors (Lipinski definition) is 1. The Kier molecular flexibility index (Phi) is 7.45. The number of piperidine rings is 1. The maximum atomic E-state index is 14.1. The van der Waals surface area contributed by atoms with Crippen LogP contribution in [0.4, 0.5) is 28.9 Å². The Hall–Kier alpha value is -3.34. The molecule has 11 heteroatoms. The van der Waals surface area contributed by atoms with Crippen molar-refractivity contribution in [2.45, 2.75) is 19.0 Å². The van der Waals surface area contributed by atoms with Gasteiger partial charge < -0.3 is 24.8 Å². The first-order valence-corrected chi connectivity index (χ1v) is 13.1. The minimum Gasteiger partial charge on any atom is -0.494 e. The smallest absolute Gasteiger partial charge is 0.419 e. The molecule has 2 amide bonds. The van der Waals surface area contributed by atoms with Crippen LogP contribution in [-0.2, 0) is 11.0 Å². The van der Waals surface area contributed by atoms with Crippen LogP contribution in [0, 0.1) is 23.6 Å². The van der Waals surface area contributed by atoms with Crippen molar-refractivity contribution in [3.8, 4) is 5.75 Å². The number of benzene rings is 2. The fourth-order valence-corrected chi connectivity index (χ4v) is 6.14. The number of hydrogen-bond acceptors (Lipinski definition) is 5. The lowest BCUT2D eigenvalue weighted by Gasteiger charge is -2.37. The summed E-state index contributed by atoms with van der Waals surface area (Å²) in [5.74, 6) is -2.06. The van der Waals surface area contributed by atoms with Gasteiger partial charge in [0.25, 0.3) is 5.91 Å². The molecule has 2 saturated heterocycles. The maximum absolute atomic E-state index is 14.1. The van der Waals surface area contributed by atoms with Gasteiger partial charge in [-0.1, -0.05) is 0 Å². The number of anilines is 2. The number of nitrogens with zero attached hydrogens (tertiary/aromatic N) is 3. The number of carbonyl (C=O) groups is 2. The first-order valence-electron chi connectivity index (χ1n) is 13.1. The van der Waals surface area contributed by atoms with Crippen LogP contribution in [0.1, 0.15) is 28.8 Å². The second-order valence-electron chi connectivity index (χ2n) is 10.7. The van der Waals surface area contributed by atoms with E-state index in [-0.39, 0.29) is 42.3 Å². The van der Waals surface area contributed by atoms with Gasteiger partial charge in [-0.2, -0.15) is 13.2 Å². The van der Waals surface area contributed by atoms with Crippen LogP contribution < -0.4 is 15.0 Å². The number of halogens is 4. The first kappa shape index (κ1) is 27.2. The summed E-state index contributed by atoms with van der Waals surface area (Å²) in [7, 11) is 3.66. The molecular weight excluding hydrogens is 516 g/mol. The summed E-state index contributed by atoms with van der Waals surface area (Å²) in [4.78, 5) is 32.5. The number of rotatable bonds is 5. The standard InChI is InChI=1S/C28H32F4N4O3/c1-34-9-11-35(12-10-34)20-6-8-23(24(14-20)39-2)33-26(37)25-18-3-4-19(25)16-36(15-18)27(38)17-5-7-21(22(29)13-17)28(30,31)32/h5-8,13-14,18-19,25H,3-4,9-12,15-16H2,1-2H3,(H,33,37)/t18-,19-/m1/s1. The van der Waals surface area contributed by atoms with Gasteiger partial charge >= 0.3 is 6.18 Å². The molecule has 3 aliphatic rings. The number of likely N-dealkylation sites (N-methyl/N-ethyl adjacent to an activating group) is 1. The molecule has 1 aliphatic carbocycles. The Balaban J connectivity index is 1.25. The average molecular weight is 549 g/mol. The van der Waals surface area contributed by atoms with E-state index in [0.29, 0.717) is 23.6 Å². The van der Waals surface area contributed by atoms with E-state index in [2.05, 4.69) is 22.2 Å². The molecule has 2 atom stereocenters. The van der Waals surface area contributed by atoms with Gasteiger partial charge in [0.1, 0.15) is 11.6 Å². The molecule has 2 aromatic rings. The molecule has 1 saturated carbocycles. The normalized spacial score (nSPS) is 23.6. The highest BCUT2D eigenvalue weighted by molar-refractivity contribution is 5.96. The van der Waals surface area contributed by atoms with Crippen molar-refractivity contribution >= 4 is 23.2 Å². The number of fused-ring (bicyclic) bond motifs is 2. The average Bonchev–Trinajstić information content (AvgIpc) is 3.17. The summed E-state index contributed by atoms with van der Waals surface area (Å²) in [6.07, 6.45) is -3.31. The number of piperazine rings is 1. The third-order valence-corrected chi connectivity index (χ3v) is 8.26. The third-order valence-electron chi connectivity index (χ3n) is 8.26. The summed E-state index contributed by atoms with van der Waals surface area (Å²) in [6, 6.07) is 8.00. The zero-order valence-electron chi connectivity index (χ0n) is 21.9. The van der Waals surface area contributed by atoms with Gasteiger partial charge in [-0.25, -0.2) is 4.39 Å². The van der Waals surface area contributed by atoms with Crippen molar-refractivity contribution in [2.24, 2.45) is 17.8 Å². The van der Waals surface area contributed by atoms with Crippen LogP contribution in [0.3, 0.4) is 0 Å². The van der Waals surface area contributed by atoms with Crippen molar-refractivity contribution in [2.75, 3.05) is 63.6 Å². The Morgan fingerprint density at radius 3 is 2.23 bits per heavy atom. The van der Waals surface area contributed by atoms with E-state index in [1.807, 2.05) is 18.2 Å². The van der Waals surface area contributed by atoms with E-state index in [1.54, 1.807) is 7.11 Å². The van der Waals surface area contributed by atoms with E-state index < -0.39 is 23.5 Å². The summed E-state index contributed by atoms with van der Waals surface area (Å²) in [5.41, 5.74) is 0.0810. The highest BCUT2D eigenvalue weighted by Crippen LogP contribution is 2.43. The number of alkyl halides is 3. The lowest BCUT2D eigenvalue weighted by Crippen LogP contribution is -2.48. The van der Waals surface area contributed by atoms with Gasteiger partial charge in [-0.3, -0.25) is 9.59 Å². The van der Waals surface area contributed by atoms with Crippen LogP contribution in [0.25, 0.3) is 0 Å². The molecule has 0 unspecified atom stereocenters. The van der Waals surface area contributed by atoms with Gasteiger partial charge in [0.15, 0.2) is 0 Å². The van der Waals surface area contributed by atoms with Crippen molar-refractivity contribution < 1.29 is 31.9 Å². The van der Waals surface area contributed by atoms with Crippen LogP contribution in [-0.4, -0.2) is 75.0 Å². The third kappa shape index (κ3) is 5.54. The predicted molar refractivity (Wildman–Crippen MR) is 138 cm³/mol. The Morgan fingerprint density at radius 1 is 0.974 bits per heavy atom. The molecule has 7 nitrogen and oxygen atoms in total. The Morgan fingerprint density at radius 2 is 1.64 bits per heavy atom. The largest absolute Gasteiger partial charge is 0.494 e. The van der Waals surface area contributed by atoms with Gasteiger partial charge in [-0.15, -0.1) is 0 Å². The molecule has 39 heavy (non-hydrogen) atoms. The van der Waals surface area contributed by atoms with Crippen molar-refractivity contribution in [1.29, 1.82) is 0 Å². The fraction of sp³-hybridized carbons (Fsp3) is 0.500. The zero-order valence-corrected chi connectivity index (χ0v) is 21.9. The molecule has 0 spiro atoms. The SMILES string of the molecule is COc1cc(N2CCN(C)CC2)ccc1NC(=O)C1[C@@H]2CC[C@@H]1CN(C(=O)c1ccc(C(F)(F)F)c(F)c1)C2. The summed E-state index contributed by atoms with van der Waals surface area (Å²) in [5, 5.41) is 3.02. The number of methoxy groups -OCH3 is 1. The number of likely N-dealkylation sites (tertiary alicyclic amines) is 1. The minimum absolute atomic E-state index is 0.0948. The Bertz CT molecular complexity index is 1230. The molecular formula is C28H32F4N4O3. The highest BCUT2D eigenvalue weighted by Gasteiger charge is 2.47. The van der Waals surface area contributed by atoms with Crippen LogP contribution in [0.5, 0.6) is 5.75 Å². The Labute approximate surface area is 224 Å². The minimum atomic E-state index is -4.83. The summed E-state index contributed by atoms with van der Waals surface area (Å²) in [6.45, 7) is 4.33. The first-order chi connectivity index (χ1) is 18.5. The molecule has 1 N–H and O–H groups in total. The van der Waals surface area contributed by atoms with E-state index in [1.165, 1.54) is 4.90 Å². The second kappa shape index (κ2) is 10.7. The number of nitrogens with one attached hydrogen (secondary N) is 1. The van der Waals surface area contributed by atoms with Gasteiger partial charge in [0.2, 0.25) is 5.91 Å². The van der Waals surface area contributed by atoms with E-state index in [4.69, 9.17) is 4.74 Å². The second-order valence-corrected chi connectivity index (χ2v) is 10.7. The quantitative estimate of drug-likeness (QED) is 0.564. The van der Waals surface area contributed by atoms with E-state index in [9.17, 15) is 27.2 Å². The summed E-state index contributed by atoms with van der Waals surface area (Å²) < 4.78 is 58.4. The topological polar surface area (TPSA) is 65.1 Å². The number of ether oxygens (including phenoxy) is 1. The molecule has 0 radical (unpaired) electrons. The van der Waals surface area contributed by atoms with Gasteiger partial charge in [-0.05, 0) is 62.1 Å². The lowest BCUT2D eigenvalue weighted by molar-refractivity contribution is -0.140. The van der Waals surface area contributed by atoms with E-state index >= 15 is 0 Å². The van der Waals surface area contributed by atoms with Crippen LogP contribution in [0.2, 0.25) is 0 Å². The number of carbonyl (C=O) groups excluding carboxylic acids is 2. The number of amides is 2. The molecule has 0 aromatic heterocycles. The lowest BCUT2D eigenvalue weighted by atomic mass is 9.84.